The first-order chi connectivity index (χ1) is 12.3. The maximum absolute atomic E-state index is 12.8. The average Bonchev–Trinajstić information content (AvgIpc) is 3.06. The first kappa shape index (κ1) is 18.7. The Morgan fingerprint density at radius 3 is 2.27 bits per heavy atom. The predicted octanol–water partition coefficient (Wildman–Crippen LogP) is 2.12. The van der Waals surface area contributed by atoms with E-state index in [2.05, 4.69) is 0 Å². The van der Waals surface area contributed by atoms with E-state index in [4.69, 9.17) is 5.73 Å². The van der Waals surface area contributed by atoms with Gasteiger partial charge in [-0.15, -0.1) is 0 Å². The topological polar surface area (TPSA) is 66.6 Å². The quantitative estimate of drug-likeness (QED) is 0.868. The molecule has 1 aliphatic carbocycles. The fourth-order valence-corrected chi connectivity index (χ4v) is 3.64. The molecule has 142 valence electrons. The SMILES string of the molecule is NC1CCC(C(=O)N2CCN(C(=O)c3cccc(C(F)(F)F)c3)CC2)C1. The lowest BCUT2D eigenvalue weighted by atomic mass is 10.1. The van der Waals surface area contributed by atoms with Gasteiger partial charge in [0.1, 0.15) is 0 Å². The summed E-state index contributed by atoms with van der Waals surface area (Å²) in [5.41, 5.74) is 5.03. The highest BCUT2D eigenvalue weighted by molar-refractivity contribution is 5.94. The van der Waals surface area contributed by atoms with Crippen LogP contribution in [0.15, 0.2) is 24.3 Å². The van der Waals surface area contributed by atoms with Crippen LogP contribution >= 0.6 is 0 Å². The van der Waals surface area contributed by atoms with Gasteiger partial charge >= 0.3 is 6.18 Å². The van der Waals surface area contributed by atoms with E-state index in [1.54, 1.807) is 4.90 Å². The van der Waals surface area contributed by atoms with E-state index in [9.17, 15) is 22.8 Å². The minimum absolute atomic E-state index is 0.0152. The molecule has 0 radical (unpaired) electrons. The van der Waals surface area contributed by atoms with Gasteiger partial charge in [0.25, 0.3) is 5.91 Å². The molecule has 5 nitrogen and oxygen atoms in total. The second-order valence-corrected chi connectivity index (χ2v) is 6.97. The summed E-state index contributed by atoms with van der Waals surface area (Å²) in [7, 11) is 0. The Hall–Kier alpha value is -2.09. The number of hydrogen-bond donors (Lipinski definition) is 1. The molecule has 26 heavy (non-hydrogen) atoms. The van der Waals surface area contributed by atoms with Gasteiger partial charge < -0.3 is 15.5 Å². The van der Waals surface area contributed by atoms with Gasteiger partial charge in [0.2, 0.25) is 5.91 Å². The molecule has 2 amide bonds. The second-order valence-electron chi connectivity index (χ2n) is 6.97. The van der Waals surface area contributed by atoms with Gasteiger partial charge in [0, 0.05) is 43.7 Å². The lowest BCUT2D eigenvalue weighted by molar-refractivity contribution is -0.138. The van der Waals surface area contributed by atoms with Crippen LogP contribution < -0.4 is 5.73 Å². The molecule has 0 spiro atoms. The molecule has 2 atom stereocenters. The molecule has 0 aromatic heterocycles. The van der Waals surface area contributed by atoms with E-state index >= 15 is 0 Å². The smallest absolute Gasteiger partial charge is 0.339 e. The minimum Gasteiger partial charge on any atom is -0.339 e. The van der Waals surface area contributed by atoms with Gasteiger partial charge in [0.15, 0.2) is 0 Å². The number of alkyl halides is 3. The number of benzene rings is 1. The summed E-state index contributed by atoms with van der Waals surface area (Å²) >= 11 is 0. The number of amides is 2. The van der Waals surface area contributed by atoms with Crippen molar-refractivity contribution in [3.8, 4) is 0 Å². The Morgan fingerprint density at radius 2 is 1.69 bits per heavy atom. The number of carbonyl (C=O) groups excluding carboxylic acids is 2. The number of nitrogens with two attached hydrogens (primary N) is 1. The number of piperazine rings is 1. The van der Waals surface area contributed by atoms with Crippen LogP contribution in [-0.2, 0) is 11.0 Å². The number of rotatable bonds is 2. The van der Waals surface area contributed by atoms with Crippen molar-refractivity contribution in [3.63, 3.8) is 0 Å². The molecule has 1 aromatic rings. The predicted molar refractivity (Wildman–Crippen MR) is 89.2 cm³/mol. The van der Waals surface area contributed by atoms with Crippen molar-refractivity contribution in [2.75, 3.05) is 26.2 Å². The maximum Gasteiger partial charge on any atom is 0.416 e. The van der Waals surface area contributed by atoms with Gasteiger partial charge in [-0.3, -0.25) is 9.59 Å². The zero-order chi connectivity index (χ0) is 18.9. The molecule has 1 aliphatic heterocycles. The number of nitrogens with zero attached hydrogens (tertiary/aromatic N) is 2. The van der Waals surface area contributed by atoms with E-state index in [1.807, 2.05) is 0 Å². The summed E-state index contributed by atoms with van der Waals surface area (Å²) < 4.78 is 38.4. The van der Waals surface area contributed by atoms with Crippen molar-refractivity contribution >= 4 is 11.8 Å². The standard InChI is InChI=1S/C18H22F3N3O2/c19-18(20,21)14-3-1-2-12(10-14)16(25)23-6-8-24(9-7-23)17(26)13-4-5-15(22)11-13/h1-3,10,13,15H,4-9,11,22H2. The van der Waals surface area contributed by atoms with Crippen LogP contribution in [0.1, 0.15) is 35.2 Å². The van der Waals surface area contributed by atoms with Crippen molar-refractivity contribution < 1.29 is 22.8 Å². The maximum atomic E-state index is 12.8. The molecule has 2 unspecified atom stereocenters. The number of hydrogen-bond acceptors (Lipinski definition) is 3. The highest BCUT2D eigenvalue weighted by Gasteiger charge is 2.34. The third-order valence-electron chi connectivity index (χ3n) is 5.14. The van der Waals surface area contributed by atoms with Crippen molar-refractivity contribution in [1.29, 1.82) is 0 Å². The van der Waals surface area contributed by atoms with Gasteiger partial charge in [-0.25, -0.2) is 0 Å². The van der Waals surface area contributed by atoms with E-state index in [-0.39, 0.29) is 23.4 Å². The molecule has 1 saturated heterocycles. The first-order valence-electron chi connectivity index (χ1n) is 8.76. The Bertz CT molecular complexity index is 685. The lowest BCUT2D eigenvalue weighted by Gasteiger charge is -2.36. The van der Waals surface area contributed by atoms with Crippen LogP contribution in [0.4, 0.5) is 13.2 Å². The van der Waals surface area contributed by atoms with Crippen molar-refractivity contribution in [3.05, 3.63) is 35.4 Å². The van der Waals surface area contributed by atoms with Crippen molar-refractivity contribution in [2.24, 2.45) is 11.7 Å². The van der Waals surface area contributed by atoms with Crippen molar-refractivity contribution in [1.82, 2.24) is 9.80 Å². The molecular weight excluding hydrogens is 347 g/mol. The molecule has 1 heterocycles. The van der Waals surface area contributed by atoms with Gasteiger partial charge in [-0.05, 0) is 37.5 Å². The Kier molecular flexibility index (Phi) is 5.22. The summed E-state index contributed by atoms with van der Waals surface area (Å²) in [6, 6.07) is 4.51. The molecule has 2 N–H and O–H groups in total. The highest BCUT2D eigenvalue weighted by atomic mass is 19.4. The van der Waals surface area contributed by atoms with Crippen molar-refractivity contribution in [2.45, 2.75) is 31.5 Å². The molecule has 3 rings (SSSR count). The zero-order valence-electron chi connectivity index (χ0n) is 14.3. The van der Waals surface area contributed by atoms with Gasteiger partial charge in [-0.1, -0.05) is 6.07 Å². The van der Waals surface area contributed by atoms with Crippen LogP contribution in [0.3, 0.4) is 0 Å². The van der Waals surface area contributed by atoms with Gasteiger partial charge in [-0.2, -0.15) is 13.2 Å². The van der Waals surface area contributed by atoms with E-state index in [0.717, 1.165) is 25.0 Å². The normalized spacial score (nSPS) is 24.0. The summed E-state index contributed by atoms with van der Waals surface area (Å²) in [6.07, 6.45) is -2.14. The van der Waals surface area contributed by atoms with Crippen LogP contribution in [0.5, 0.6) is 0 Å². The van der Waals surface area contributed by atoms with E-state index < -0.39 is 17.6 Å². The third-order valence-corrected chi connectivity index (χ3v) is 5.14. The summed E-state index contributed by atoms with van der Waals surface area (Å²) in [5, 5.41) is 0. The number of halogens is 3. The first-order valence-corrected chi connectivity index (χ1v) is 8.76. The average molecular weight is 369 g/mol. The molecular formula is C18H22F3N3O2. The summed E-state index contributed by atoms with van der Waals surface area (Å²) in [6.45, 7) is 1.43. The molecule has 1 aromatic carbocycles. The monoisotopic (exact) mass is 369 g/mol. The molecule has 1 saturated carbocycles. The zero-order valence-corrected chi connectivity index (χ0v) is 14.3. The minimum atomic E-state index is -4.48. The molecule has 2 fully saturated rings. The molecule has 2 aliphatic rings. The van der Waals surface area contributed by atoms with Crippen LogP contribution in [0, 0.1) is 5.92 Å². The fourth-order valence-electron chi connectivity index (χ4n) is 3.64. The molecule has 0 bridgehead atoms. The fraction of sp³-hybridized carbons (Fsp3) is 0.556. The van der Waals surface area contributed by atoms with E-state index in [0.29, 0.717) is 32.6 Å². The lowest BCUT2D eigenvalue weighted by Crippen LogP contribution is -2.51. The highest BCUT2D eigenvalue weighted by Crippen LogP contribution is 2.30. The Labute approximate surface area is 149 Å². The second kappa shape index (κ2) is 7.26. The van der Waals surface area contributed by atoms with Crippen LogP contribution in [0.25, 0.3) is 0 Å². The largest absolute Gasteiger partial charge is 0.416 e. The van der Waals surface area contributed by atoms with E-state index in [1.165, 1.54) is 17.0 Å². The summed E-state index contributed by atoms with van der Waals surface area (Å²) in [4.78, 5) is 28.2. The van der Waals surface area contributed by atoms with Gasteiger partial charge in [0.05, 0.1) is 5.56 Å². The Morgan fingerprint density at radius 1 is 1.04 bits per heavy atom. The van der Waals surface area contributed by atoms with Crippen LogP contribution in [-0.4, -0.2) is 53.8 Å². The summed E-state index contributed by atoms with van der Waals surface area (Å²) in [5.74, 6) is -0.411. The molecule has 8 heteroatoms. The van der Waals surface area contributed by atoms with Crippen LogP contribution in [0.2, 0.25) is 0 Å². The number of carbonyl (C=O) groups is 2. The third kappa shape index (κ3) is 4.00. The Balaban J connectivity index is 1.59.